The van der Waals surface area contributed by atoms with Crippen molar-refractivity contribution < 1.29 is 0 Å². The molecule has 0 aliphatic heterocycles. The van der Waals surface area contributed by atoms with Gasteiger partial charge in [-0.25, -0.2) is 9.97 Å². The minimum absolute atomic E-state index is 0.900. The summed E-state index contributed by atoms with van der Waals surface area (Å²) in [6.07, 6.45) is 3.68. The summed E-state index contributed by atoms with van der Waals surface area (Å²) in [7, 11) is 0. The first-order chi connectivity index (χ1) is 7.84. The molecular weight excluding hydrogens is 198 g/mol. The van der Waals surface area contributed by atoms with Crippen molar-refractivity contribution in [3.05, 3.63) is 54.5 Å². The number of para-hydroxylation sites is 1. The van der Waals surface area contributed by atoms with E-state index in [4.69, 9.17) is 0 Å². The van der Waals surface area contributed by atoms with Gasteiger partial charge < -0.3 is 0 Å². The van der Waals surface area contributed by atoms with E-state index in [0.29, 0.717) is 0 Å². The molecule has 2 heterocycles. The predicted octanol–water partition coefficient (Wildman–Crippen LogP) is 2.73. The van der Waals surface area contributed by atoms with Gasteiger partial charge in [-0.05, 0) is 30.7 Å². The molecule has 0 aliphatic carbocycles. The molecular formula is C13H11N3. The number of rotatable bonds is 1. The van der Waals surface area contributed by atoms with Crippen LogP contribution in [0.25, 0.3) is 16.9 Å². The Labute approximate surface area is 93.4 Å². The standard InChI is InChI=1S/C13H11N3/c1-10-7-12-13(14-8-10)16(9-15-12)11-5-3-2-4-6-11/h2-9H,1H3. The molecule has 0 radical (unpaired) electrons. The number of aryl methyl sites for hydroxylation is 1. The van der Waals surface area contributed by atoms with E-state index in [9.17, 15) is 0 Å². The minimum atomic E-state index is 0.900. The number of fused-ring (bicyclic) bond motifs is 1. The highest BCUT2D eigenvalue weighted by Crippen LogP contribution is 2.16. The lowest BCUT2D eigenvalue weighted by Crippen LogP contribution is -1.92. The van der Waals surface area contributed by atoms with E-state index < -0.39 is 0 Å². The molecule has 3 heteroatoms. The molecule has 0 spiro atoms. The number of hydrogen-bond acceptors (Lipinski definition) is 2. The summed E-state index contributed by atoms with van der Waals surface area (Å²) < 4.78 is 1.99. The average Bonchev–Trinajstić information content (AvgIpc) is 2.73. The molecule has 3 aromatic rings. The van der Waals surface area contributed by atoms with Gasteiger partial charge in [-0.3, -0.25) is 4.57 Å². The molecule has 0 saturated carbocycles. The monoisotopic (exact) mass is 209 g/mol. The second-order valence-electron chi connectivity index (χ2n) is 3.81. The number of imidazole rings is 1. The first-order valence-electron chi connectivity index (χ1n) is 5.20. The van der Waals surface area contributed by atoms with Crippen LogP contribution in [0.15, 0.2) is 48.9 Å². The third-order valence-corrected chi connectivity index (χ3v) is 2.56. The minimum Gasteiger partial charge on any atom is -0.283 e. The molecule has 0 atom stereocenters. The van der Waals surface area contributed by atoms with Gasteiger partial charge in [-0.2, -0.15) is 0 Å². The number of aromatic nitrogens is 3. The summed E-state index contributed by atoms with van der Waals surface area (Å²) in [5, 5.41) is 0. The second kappa shape index (κ2) is 3.45. The Hall–Kier alpha value is -2.16. The van der Waals surface area contributed by atoms with Crippen LogP contribution in [-0.2, 0) is 0 Å². The van der Waals surface area contributed by atoms with Crippen LogP contribution in [0.2, 0.25) is 0 Å². The van der Waals surface area contributed by atoms with Gasteiger partial charge in [-0.15, -0.1) is 0 Å². The molecule has 16 heavy (non-hydrogen) atoms. The fourth-order valence-electron chi connectivity index (χ4n) is 1.78. The highest BCUT2D eigenvalue weighted by Gasteiger charge is 2.04. The lowest BCUT2D eigenvalue weighted by atomic mass is 10.3. The normalized spacial score (nSPS) is 10.8. The van der Waals surface area contributed by atoms with Gasteiger partial charge in [0.1, 0.15) is 11.8 Å². The van der Waals surface area contributed by atoms with Crippen molar-refractivity contribution >= 4 is 11.2 Å². The molecule has 78 valence electrons. The molecule has 0 fully saturated rings. The average molecular weight is 209 g/mol. The van der Waals surface area contributed by atoms with Crippen LogP contribution < -0.4 is 0 Å². The van der Waals surface area contributed by atoms with Gasteiger partial charge in [0.2, 0.25) is 0 Å². The largest absolute Gasteiger partial charge is 0.283 e. The van der Waals surface area contributed by atoms with Gasteiger partial charge in [0, 0.05) is 11.9 Å². The van der Waals surface area contributed by atoms with Gasteiger partial charge in [0.05, 0.1) is 0 Å². The Morgan fingerprint density at radius 2 is 1.88 bits per heavy atom. The fraction of sp³-hybridized carbons (Fsp3) is 0.0769. The lowest BCUT2D eigenvalue weighted by molar-refractivity contribution is 1.07. The molecule has 3 nitrogen and oxygen atoms in total. The lowest BCUT2D eigenvalue weighted by Gasteiger charge is -2.02. The van der Waals surface area contributed by atoms with Crippen molar-refractivity contribution in [2.45, 2.75) is 6.92 Å². The van der Waals surface area contributed by atoms with E-state index in [1.807, 2.05) is 60.4 Å². The van der Waals surface area contributed by atoms with Crippen LogP contribution >= 0.6 is 0 Å². The van der Waals surface area contributed by atoms with Crippen molar-refractivity contribution in [3.63, 3.8) is 0 Å². The van der Waals surface area contributed by atoms with E-state index in [-0.39, 0.29) is 0 Å². The number of hydrogen-bond donors (Lipinski definition) is 0. The summed E-state index contributed by atoms with van der Waals surface area (Å²) in [5.41, 5.74) is 4.05. The summed E-state index contributed by atoms with van der Waals surface area (Å²) >= 11 is 0. The third kappa shape index (κ3) is 1.37. The molecule has 1 aromatic carbocycles. The molecule has 0 N–H and O–H groups in total. The molecule has 0 saturated heterocycles. The molecule has 0 unspecified atom stereocenters. The van der Waals surface area contributed by atoms with Crippen molar-refractivity contribution in [3.8, 4) is 5.69 Å². The molecule has 3 rings (SSSR count). The number of nitrogens with zero attached hydrogens (tertiary/aromatic N) is 3. The first kappa shape index (κ1) is 9.09. The zero-order chi connectivity index (χ0) is 11.0. The first-order valence-corrected chi connectivity index (χ1v) is 5.20. The van der Waals surface area contributed by atoms with Crippen LogP contribution in [0.4, 0.5) is 0 Å². The third-order valence-electron chi connectivity index (χ3n) is 2.56. The fourth-order valence-corrected chi connectivity index (χ4v) is 1.78. The Bertz CT molecular complexity index is 626. The topological polar surface area (TPSA) is 30.7 Å². The number of pyridine rings is 1. The summed E-state index contributed by atoms with van der Waals surface area (Å²) in [4.78, 5) is 8.77. The Morgan fingerprint density at radius 3 is 2.69 bits per heavy atom. The van der Waals surface area contributed by atoms with Gasteiger partial charge >= 0.3 is 0 Å². The van der Waals surface area contributed by atoms with Gasteiger partial charge in [0.25, 0.3) is 0 Å². The van der Waals surface area contributed by atoms with E-state index in [1.165, 1.54) is 0 Å². The van der Waals surface area contributed by atoms with Crippen LogP contribution in [0, 0.1) is 6.92 Å². The molecule has 0 aliphatic rings. The van der Waals surface area contributed by atoms with Crippen LogP contribution in [0.1, 0.15) is 5.56 Å². The Balaban J connectivity index is 2.26. The maximum absolute atomic E-state index is 4.42. The summed E-state index contributed by atoms with van der Waals surface area (Å²) in [6.45, 7) is 2.02. The quantitative estimate of drug-likeness (QED) is 0.617. The molecule has 2 aromatic heterocycles. The van der Waals surface area contributed by atoms with Crippen molar-refractivity contribution in [1.29, 1.82) is 0 Å². The van der Waals surface area contributed by atoms with E-state index in [0.717, 1.165) is 22.4 Å². The van der Waals surface area contributed by atoms with Gasteiger partial charge in [0.15, 0.2) is 5.65 Å². The molecule has 0 amide bonds. The van der Waals surface area contributed by atoms with Crippen LogP contribution in [0.5, 0.6) is 0 Å². The maximum Gasteiger partial charge on any atom is 0.164 e. The highest BCUT2D eigenvalue weighted by atomic mass is 15.1. The van der Waals surface area contributed by atoms with Crippen molar-refractivity contribution in [2.24, 2.45) is 0 Å². The Kier molecular flexibility index (Phi) is 1.96. The number of benzene rings is 1. The molecule has 0 bridgehead atoms. The zero-order valence-electron chi connectivity index (χ0n) is 8.96. The summed E-state index contributed by atoms with van der Waals surface area (Å²) in [5.74, 6) is 0. The SMILES string of the molecule is Cc1cnc2c(c1)ncn2-c1ccccc1. The highest BCUT2D eigenvalue weighted by molar-refractivity contribution is 5.73. The van der Waals surface area contributed by atoms with Gasteiger partial charge in [-0.1, -0.05) is 18.2 Å². The van der Waals surface area contributed by atoms with E-state index >= 15 is 0 Å². The van der Waals surface area contributed by atoms with E-state index in [2.05, 4.69) is 9.97 Å². The maximum atomic E-state index is 4.42. The van der Waals surface area contributed by atoms with E-state index in [1.54, 1.807) is 0 Å². The van der Waals surface area contributed by atoms with Crippen molar-refractivity contribution in [2.75, 3.05) is 0 Å². The van der Waals surface area contributed by atoms with Crippen LogP contribution in [-0.4, -0.2) is 14.5 Å². The zero-order valence-corrected chi connectivity index (χ0v) is 8.96. The smallest absolute Gasteiger partial charge is 0.164 e. The predicted molar refractivity (Wildman–Crippen MR) is 63.6 cm³/mol. The second-order valence-corrected chi connectivity index (χ2v) is 3.81. The van der Waals surface area contributed by atoms with Crippen LogP contribution in [0.3, 0.4) is 0 Å². The Morgan fingerprint density at radius 1 is 1.06 bits per heavy atom. The summed E-state index contributed by atoms with van der Waals surface area (Å²) in [6, 6.07) is 12.2. The van der Waals surface area contributed by atoms with Crippen molar-refractivity contribution in [1.82, 2.24) is 14.5 Å².